The minimum Gasteiger partial charge on any atom is -0.310 e. The Morgan fingerprint density at radius 2 is 1.33 bits per heavy atom. The predicted molar refractivity (Wildman–Crippen MR) is 64.4 cm³/mol. The van der Waals surface area contributed by atoms with Crippen molar-refractivity contribution in [2.45, 2.75) is 25.9 Å². The fourth-order valence-electron chi connectivity index (χ4n) is 1.11. The average Bonchev–Trinajstić information content (AvgIpc) is 2.17. The molecule has 0 saturated heterocycles. The topological polar surface area (TPSA) is 58.2 Å². The highest BCUT2D eigenvalue weighted by atomic mass is 32.2. The molecule has 0 aromatic carbocycles. The van der Waals surface area contributed by atoms with Crippen LogP contribution < -0.4 is 10.6 Å². The normalized spacial score (nSPS) is 14.7. The number of Topliss-reactive ketones (excluding diaryl/α,β-unsaturated/α-hetero) is 2. The molecule has 2 atom stereocenters. The van der Waals surface area contributed by atoms with Gasteiger partial charge in [0.2, 0.25) is 0 Å². The molecule has 0 saturated carbocycles. The maximum Gasteiger partial charge on any atom is 0.147 e. The van der Waals surface area contributed by atoms with Gasteiger partial charge in [-0.3, -0.25) is 9.59 Å². The summed E-state index contributed by atoms with van der Waals surface area (Å²) in [4.78, 5) is 22.2. The number of rotatable bonds is 8. The first-order valence-electron chi connectivity index (χ1n) is 4.96. The highest BCUT2D eigenvalue weighted by Crippen LogP contribution is 2.06. The van der Waals surface area contributed by atoms with Crippen LogP contribution in [0.5, 0.6) is 0 Å². The van der Waals surface area contributed by atoms with Crippen LogP contribution in [0.1, 0.15) is 13.8 Å². The average molecular weight is 232 g/mol. The summed E-state index contributed by atoms with van der Waals surface area (Å²) in [6, 6.07) is -0.223. The molecule has 0 rings (SSSR count). The predicted octanol–water partition coefficient (Wildman–Crippen LogP) is 0.0736. The zero-order valence-corrected chi connectivity index (χ0v) is 10.6. The van der Waals surface area contributed by atoms with Crippen molar-refractivity contribution in [3.8, 4) is 0 Å². The molecule has 0 amide bonds. The van der Waals surface area contributed by atoms with Gasteiger partial charge >= 0.3 is 0 Å². The second kappa shape index (κ2) is 7.84. The van der Waals surface area contributed by atoms with Gasteiger partial charge in [0.1, 0.15) is 11.6 Å². The molecular weight excluding hydrogens is 212 g/mol. The van der Waals surface area contributed by atoms with Crippen LogP contribution in [0.3, 0.4) is 0 Å². The van der Waals surface area contributed by atoms with Crippen molar-refractivity contribution in [2.24, 2.45) is 0 Å². The number of thioether (sulfide) groups is 1. The Labute approximate surface area is 95.6 Å². The van der Waals surface area contributed by atoms with E-state index in [1.165, 1.54) is 0 Å². The van der Waals surface area contributed by atoms with E-state index in [4.69, 9.17) is 0 Å². The Morgan fingerprint density at radius 1 is 1.00 bits per heavy atom. The van der Waals surface area contributed by atoms with Crippen LogP contribution in [0.25, 0.3) is 0 Å². The smallest absolute Gasteiger partial charge is 0.147 e. The Bertz CT molecular complexity index is 199. The zero-order valence-electron chi connectivity index (χ0n) is 9.79. The summed E-state index contributed by atoms with van der Waals surface area (Å²) in [6.07, 6.45) is 0. The SMILES string of the molecule is CNC(CSCC(NC)C(C)=O)C(C)=O. The number of likely N-dealkylation sites (N-methyl/N-ethyl adjacent to an activating group) is 2. The fraction of sp³-hybridized carbons (Fsp3) is 0.800. The van der Waals surface area contributed by atoms with Crippen LogP contribution in [-0.4, -0.2) is 49.3 Å². The van der Waals surface area contributed by atoms with Gasteiger partial charge in [-0.05, 0) is 27.9 Å². The number of ketones is 2. The van der Waals surface area contributed by atoms with Crippen LogP contribution in [-0.2, 0) is 9.59 Å². The molecule has 5 heteroatoms. The third-order valence-corrected chi connectivity index (χ3v) is 3.39. The van der Waals surface area contributed by atoms with Crippen LogP contribution in [0, 0.1) is 0 Å². The van der Waals surface area contributed by atoms with Gasteiger partial charge in [-0.25, -0.2) is 0 Å². The van der Waals surface area contributed by atoms with Gasteiger partial charge in [0.15, 0.2) is 0 Å². The van der Waals surface area contributed by atoms with Crippen LogP contribution in [0.15, 0.2) is 0 Å². The largest absolute Gasteiger partial charge is 0.310 e. The van der Waals surface area contributed by atoms with E-state index in [1.807, 2.05) is 0 Å². The highest BCUT2D eigenvalue weighted by molar-refractivity contribution is 7.99. The molecule has 15 heavy (non-hydrogen) atoms. The molecule has 0 aromatic rings. The van der Waals surface area contributed by atoms with Gasteiger partial charge in [0.05, 0.1) is 12.1 Å². The van der Waals surface area contributed by atoms with Crippen LogP contribution >= 0.6 is 11.8 Å². The van der Waals surface area contributed by atoms with E-state index in [-0.39, 0.29) is 23.7 Å². The minimum atomic E-state index is -0.112. The molecule has 0 bridgehead atoms. The lowest BCUT2D eigenvalue weighted by Gasteiger charge is -2.15. The van der Waals surface area contributed by atoms with E-state index in [0.29, 0.717) is 11.5 Å². The molecule has 0 aromatic heterocycles. The summed E-state index contributed by atoms with van der Waals surface area (Å²) >= 11 is 1.61. The van der Waals surface area contributed by atoms with Crippen molar-refractivity contribution in [3.05, 3.63) is 0 Å². The lowest BCUT2D eigenvalue weighted by molar-refractivity contribution is -0.119. The Kier molecular flexibility index (Phi) is 7.64. The zero-order chi connectivity index (χ0) is 11.8. The van der Waals surface area contributed by atoms with Gasteiger partial charge < -0.3 is 10.6 Å². The monoisotopic (exact) mass is 232 g/mol. The number of carbonyl (C=O) groups excluding carboxylic acids is 2. The third-order valence-electron chi connectivity index (χ3n) is 2.25. The lowest BCUT2D eigenvalue weighted by atomic mass is 10.2. The van der Waals surface area contributed by atoms with Crippen molar-refractivity contribution < 1.29 is 9.59 Å². The third kappa shape index (κ3) is 5.92. The van der Waals surface area contributed by atoms with E-state index < -0.39 is 0 Å². The molecule has 2 unspecified atom stereocenters. The van der Waals surface area contributed by atoms with E-state index in [2.05, 4.69) is 10.6 Å². The first-order chi connectivity index (χ1) is 7.02. The molecule has 88 valence electrons. The molecule has 0 fully saturated rings. The molecule has 0 aliphatic rings. The molecule has 2 N–H and O–H groups in total. The molecule has 0 aliphatic heterocycles. The van der Waals surface area contributed by atoms with Crippen LogP contribution in [0.4, 0.5) is 0 Å². The van der Waals surface area contributed by atoms with Gasteiger partial charge in [-0.1, -0.05) is 0 Å². The van der Waals surface area contributed by atoms with Gasteiger partial charge in [0.25, 0.3) is 0 Å². The molecular formula is C10H20N2O2S. The molecule has 4 nitrogen and oxygen atoms in total. The quantitative estimate of drug-likeness (QED) is 0.620. The van der Waals surface area contributed by atoms with E-state index >= 15 is 0 Å². The maximum atomic E-state index is 11.1. The lowest BCUT2D eigenvalue weighted by Crippen LogP contribution is -2.37. The molecule has 0 spiro atoms. The minimum absolute atomic E-state index is 0.112. The van der Waals surface area contributed by atoms with Gasteiger partial charge in [0, 0.05) is 11.5 Å². The van der Waals surface area contributed by atoms with Crippen LogP contribution in [0.2, 0.25) is 0 Å². The fourth-order valence-corrected chi connectivity index (χ4v) is 2.52. The van der Waals surface area contributed by atoms with E-state index in [1.54, 1.807) is 39.7 Å². The highest BCUT2D eigenvalue weighted by Gasteiger charge is 2.15. The summed E-state index contributed by atoms with van der Waals surface area (Å²) in [6.45, 7) is 3.14. The Balaban J connectivity index is 3.85. The first kappa shape index (κ1) is 14.6. The summed E-state index contributed by atoms with van der Waals surface area (Å²) in [5.74, 6) is 1.68. The Morgan fingerprint density at radius 3 is 1.53 bits per heavy atom. The second-order valence-corrected chi connectivity index (χ2v) is 4.52. The molecule has 0 aliphatic carbocycles. The van der Waals surface area contributed by atoms with Crippen molar-refractivity contribution in [2.75, 3.05) is 25.6 Å². The van der Waals surface area contributed by atoms with E-state index in [9.17, 15) is 9.59 Å². The number of hydrogen-bond acceptors (Lipinski definition) is 5. The standard InChI is InChI=1S/C10H20N2O2S/c1-7(13)9(11-3)5-15-6-10(12-4)8(2)14/h9-12H,5-6H2,1-4H3. The maximum absolute atomic E-state index is 11.1. The first-order valence-corrected chi connectivity index (χ1v) is 6.11. The number of nitrogens with one attached hydrogen (secondary N) is 2. The van der Waals surface area contributed by atoms with Crippen molar-refractivity contribution in [1.82, 2.24) is 10.6 Å². The van der Waals surface area contributed by atoms with Gasteiger partial charge in [-0.15, -0.1) is 0 Å². The Hall–Kier alpha value is -0.390. The van der Waals surface area contributed by atoms with E-state index in [0.717, 1.165) is 0 Å². The summed E-state index contributed by atoms with van der Waals surface area (Å²) < 4.78 is 0. The van der Waals surface area contributed by atoms with Crippen molar-refractivity contribution in [3.63, 3.8) is 0 Å². The second-order valence-electron chi connectivity index (χ2n) is 3.44. The summed E-state index contributed by atoms with van der Waals surface area (Å²) in [7, 11) is 3.54. The van der Waals surface area contributed by atoms with Gasteiger partial charge in [-0.2, -0.15) is 11.8 Å². The number of carbonyl (C=O) groups is 2. The summed E-state index contributed by atoms with van der Waals surface area (Å²) in [5.41, 5.74) is 0. The molecule has 0 heterocycles. The molecule has 0 radical (unpaired) electrons. The van der Waals surface area contributed by atoms with Crippen molar-refractivity contribution >= 4 is 23.3 Å². The number of hydrogen-bond donors (Lipinski definition) is 2. The summed E-state index contributed by atoms with van der Waals surface area (Å²) in [5, 5.41) is 5.89. The van der Waals surface area contributed by atoms with Crippen molar-refractivity contribution in [1.29, 1.82) is 0 Å².